The number of nitrogens with one attached hydrogen (secondary N) is 1. The highest BCUT2D eigenvalue weighted by Crippen LogP contribution is 2.35. The number of ether oxygens (including phenoxy) is 2. The molecule has 0 aliphatic rings. The van der Waals surface area contributed by atoms with Crippen LogP contribution in [0.25, 0.3) is 10.6 Å². The van der Waals surface area contributed by atoms with E-state index in [9.17, 15) is 4.79 Å². The van der Waals surface area contributed by atoms with Gasteiger partial charge in [0.15, 0.2) is 11.5 Å². The van der Waals surface area contributed by atoms with Crippen LogP contribution in [0.5, 0.6) is 11.5 Å². The Balaban J connectivity index is 1.43. The first-order valence-corrected chi connectivity index (χ1v) is 12.0. The normalized spacial score (nSPS) is 10.6. The summed E-state index contributed by atoms with van der Waals surface area (Å²) in [7, 11) is 3.19. The zero-order valence-electron chi connectivity index (χ0n) is 18.5. The average molecular weight is 478 g/mol. The van der Waals surface area contributed by atoms with E-state index in [-0.39, 0.29) is 5.91 Å². The Kier molecular flexibility index (Phi) is 7.26. The number of amides is 1. The topological polar surface area (TPSA) is 73.3 Å². The van der Waals surface area contributed by atoms with Gasteiger partial charge in [-0.1, -0.05) is 6.07 Å². The van der Waals surface area contributed by atoms with Crippen LogP contribution in [0.1, 0.15) is 20.9 Å². The summed E-state index contributed by atoms with van der Waals surface area (Å²) in [5, 5.41) is 3.72. The Morgan fingerprint density at radius 2 is 1.85 bits per heavy atom. The molecule has 0 atom stereocenters. The fraction of sp³-hybridized carbons (Fsp3) is 0.160. The van der Waals surface area contributed by atoms with Crippen molar-refractivity contribution in [1.82, 2.24) is 9.97 Å². The van der Waals surface area contributed by atoms with Gasteiger partial charge in [0.25, 0.3) is 5.91 Å². The van der Waals surface area contributed by atoms with Crippen molar-refractivity contribution in [2.45, 2.75) is 17.6 Å². The van der Waals surface area contributed by atoms with Crippen molar-refractivity contribution in [2.75, 3.05) is 19.5 Å². The summed E-state index contributed by atoms with van der Waals surface area (Å²) < 4.78 is 10.7. The highest BCUT2D eigenvalue weighted by molar-refractivity contribution is 7.98. The minimum Gasteiger partial charge on any atom is -0.493 e. The molecular weight excluding hydrogens is 454 g/mol. The Labute approximate surface area is 201 Å². The van der Waals surface area contributed by atoms with Crippen molar-refractivity contribution in [2.24, 2.45) is 0 Å². The monoisotopic (exact) mass is 477 g/mol. The lowest BCUT2D eigenvalue weighted by atomic mass is 10.2. The fourth-order valence-electron chi connectivity index (χ4n) is 3.17. The molecule has 2 aromatic heterocycles. The molecule has 0 aliphatic heterocycles. The molecular formula is C25H23N3O3S2. The third kappa shape index (κ3) is 5.53. The minimum atomic E-state index is -0.174. The van der Waals surface area contributed by atoms with Crippen molar-refractivity contribution in [1.29, 1.82) is 0 Å². The average Bonchev–Trinajstić information content (AvgIpc) is 3.25. The quantitative estimate of drug-likeness (QED) is 0.310. The second-order valence-electron chi connectivity index (χ2n) is 7.13. The van der Waals surface area contributed by atoms with Gasteiger partial charge in [-0.15, -0.1) is 23.1 Å². The molecule has 0 unspecified atom stereocenters. The van der Waals surface area contributed by atoms with Crippen LogP contribution in [0.4, 0.5) is 5.69 Å². The Bertz CT molecular complexity index is 1240. The number of carbonyl (C=O) groups is 1. The molecule has 0 saturated heterocycles. The van der Waals surface area contributed by atoms with Crippen molar-refractivity contribution >= 4 is 34.7 Å². The largest absolute Gasteiger partial charge is 0.493 e. The van der Waals surface area contributed by atoms with E-state index in [0.717, 1.165) is 26.9 Å². The molecule has 4 aromatic rings. The first-order valence-electron chi connectivity index (χ1n) is 10.2. The van der Waals surface area contributed by atoms with Gasteiger partial charge < -0.3 is 14.8 Å². The SMILES string of the molecule is COc1ccc(-c2nc(C)c(C(=O)Nc3ccc(SCc4cccnc4)cc3)s2)cc1OC. The highest BCUT2D eigenvalue weighted by Gasteiger charge is 2.17. The van der Waals surface area contributed by atoms with E-state index in [1.807, 2.05) is 61.7 Å². The Morgan fingerprint density at radius 3 is 2.55 bits per heavy atom. The second kappa shape index (κ2) is 10.5. The van der Waals surface area contributed by atoms with Crippen LogP contribution in [-0.4, -0.2) is 30.1 Å². The number of carbonyl (C=O) groups excluding carboxylic acids is 1. The molecule has 6 nitrogen and oxygen atoms in total. The van der Waals surface area contributed by atoms with Gasteiger partial charge in [-0.3, -0.25) is 9.78 Å². The van der Waals surface area contributed by atoms with Crippen molar-refractivity contribution in [3.8, 4) is 22.1 Å². The van der Waals surface area contributed by atoms with Gasteiger partial charge in [-0.2, -0.15) is 0 Å². The molecule has 33 heavy (non-hydrogen) atoms. The number of thioether (sulfide) groups is 1. The minimum absolute atomic E-state index is 0.174. The molecule has 0 bridgehead atoms. The molecule has 8 heteroatoms. The van der Waals surface area contributed by atoms with Crippen LogP contribution < -0.4 is 14.8 Å². The van der Waals surface area contributed by atoms with Gasteiger partial charge in [0, 0.05) is 34.3 Å². The molecule has 0 saturated carbocycles. The van der Waals surface area contributed by atoms with Crippen molar-refractivity contribution in [3.63, 3.8) is 0 Å². The number of rotatable bonds is 8. The van der Waals surface area contributed by atoms with E-state index in [1.54, 1.807) is 32.2 Å². The molecule has 168 valence electrons. The van der Waals surface area contributed by atoms with E-state index < -0.39 is 0 Å². The van der Waals surface area contributed by atoms with E-state index in [4.69, 9.17) is 9.47 Å². The number of hydrogen-bond donors (Lipinski definition) is 1. The number of hydrogen-bond acceptors (Lipinski definition) is 7. The molecule has 1 N–H and O–H groups in total. The first kappa shape index (κ1) is 22.8. The second-order valence-corrected chi connectivity index (χ2v) is 9.18. The molecule has 2 aromatic carbocycles. The maximum atomic E-state index is 12.9. The standard InChI is InChI=1S/C25H23N3O3S2/c1-16-23(33-25(27-16)18-6-11-21(30-2)22(13-18)31-3)24(29)28-19-7-9-20(10-8-19)32-15-17-5-4-12-26-14-17/h4-14H,15H2,1-3H3,(H,28,29). The molecule has 1 amide bonds. The molecule has 0 radical (unpaired) electrons. The summed E-state index contributed by atoms with van der Waals surface area (Å²) in [6.07, 6.45) is 3.64. The van der Waals surface area contributed by atoms with Crippen molar-refractivity contribution in [3.05, 3.63) is 83.1 Å². The lowest BCUT2D eigenvalue weighted by Crippen LogP contribution is -2.11. The summed E-state index contributed by atoms with van der Waals surface area (Å²) in [6.45, 7) is 1.84. The maximum Gasteiger partial charge on any atom is 0.267 e. The highest BCUT2D eigenvalue weighted by atomic mass is 32.2. The van der Waals surface area contributed by atoms with Crippen LogP contribution in [0.15, 0.2) is 71.9 Å². The van der Waals surface area contributed by atoms with Gasteiger partial charge >= 0.3 is 0 Å². The smallest absolute Gasteiger partial charge is 0.267 e. The lowest BCUT2D eigenvalue weighted by Gasteiger charge is -2.08. The van der Waals surface area contributed by atoms with E-state index in [1.165, 1.54) is 16.9 Å². The Morgan fingerprint density at radius 1 is 1.06 bits per heavy atom. The number of benzene rings is 2. The van der Waals surface area contributed by atoms with Gasteiger partial charge in [0.05, 0.1) is 19.9 Å². The number of nitrogens with zero attached hydrogens (tertiary/aromatic N) is 2. The number of pyridine rings is 1. The predicted octanol–water partition coefficient (Wildman–Crippen LogP) is 6.08. The molecule has 0 aliphatic carbocycles. The van der Waals surface area contributed by atoms with E-state index >= 15 is 0 Å². The summed E-state index contributed by atoms with van der Waals surface area (Å²) in [5.74, 6) is 1.94. The van der Waals surface area contributed by atoms with Crippen molar-refractivity contribution < 1.29 is 14.3 Å². The maximum absolute atomic E-state index is 12.9. The first-order chi connectivity index (χ1) is 16.1. The Hall–Kier alpha value is -3.36. The summed E-state index contributed by atoms with van der Waals surface area (Å²) in [4.78, 5) is 23.3. The fourth-order valence-corrected chi connectivity index (χ4v) is 4.96. The van der Waals surface area contributed by atoms with Gasteiger partial charge in [0.1, 0.15) is 9.88 Å². The molecule has 0 spiro atoms. The number of anilines is 1. The van der Waals surface area contributed by atoms with Gasteiger partial charge in [-0.25, -0.2) is 4.98 Å². The number of methoxy groups -OCH3 is 2. The van der Waals surface area contributed by atoms with Crippen LogP contribution in [0.3, 0.4) is 0 Å². The summed E-state index contributed by atoms with van der Waals surface area (Å²) in [5.41, 5.74) is 3.47. The predicted molar refractivity (Wildman–Crippen MR) is 134 cm³/mol. The van der Waals surface area contributed by atoms with Crippen LogP contribution in [0, 0.1) is 6.92 Å². The van der Waals surface area contributed by atoms with Crippen LogP contribution >= 0.6 is 23.1 Å². The lowest BCUT2D eigenvalue weighted by molar-refractivity contribution is 0.103. The van der Waals surface area contributed by atoms with Gasteiger partial charge in [-0.05, 0) is 61.0 Å². The number of thiazole rings is 1. The van der Waals surface area contributed by atoms with Gasteiger partial charge in [0.2, 0.25) is 0 Å². The third-order valence-electron chi connectivity index (χ3n) is 4.87. The van der Waals surface area contributed by atoms with E-state index in [0.29, 0.717) is 22.1 Å². The molecule has 2 heterocycles. The zero-order chi connectivity index (χ0) is 23.2. The zero-order valence-corrected chi connectivity index (χ0v) is 20.1. The molecule has 0 fully saturated rings. The van der Waals surface area contributed by atoms with Crippen LogP contribution in [0.2, 0.25) is 0 Å². The number of aromatic nitrogens is 2. The van der Waals surface area contributed by atoms with E-state index in [2.05, 4.69) is 21.4 Å². The number of aryl methyl sites for hydroxylation is 1. The summed E-state index contributed by atoms with van der Waals surface area (Å²) >= 11 is 3.08. The summed E-state index contributed by atoms with van der Waals surface area (Å²) in [6, 6.07) is 17.4. The molecule has 4 rings (SSSR count). The third-order valence-corrected chi connectivity index (χ3v) is 7.16. The van der Waals surface area contributed by atoms with Crippen LogP contribution in [-0.2, 0) is 5.75 Å².